The van der Waals surface area contributed by atoms with Crippen LogP contribution in [0.3, 0.4) is 0 Å². The lowest BCUT2D eigenvalue weighted by atomic mass is 9.83. The fourth-order valence-electron chi connectivity index (χ4n) is 5.56. The van der Waals surface area contributed by atoms with Gasteiger partial charge in [-0.25, -0.2) is 4.90 Å². The number of anilines is 2. The summed E-state index contributed by atoms with van der Waals surface area (Å²) >= 11 is 5.71. The summed E-state index contributed by atoms with van der Waals surface area (Å²) in [6.45, 7) is 0.246. The van der Waals surface area contributed by atoms with Crippen LogP contribution in [0.25, 0.3) is 0 Å². The number of fused-ring (bicyclic) bond motifs is 1. The highest BCUT2D eigenvalue weighted by Crippen LogP contribution is 2.43. The van der Waals surface area contributed by atoms with E-state index < -0.39 is 39.1 Å². The van der Waals surface area contributed by atoms with Crippen LogP contribution in [0.2, 0.25) is 5.02 Å². The van der Waals surface area contributed by atoms with Crippen molar-refractivity contribution in [3.8, 4) is 0 Å². The molecular formula is C26H23ClF3N3O5. The van der Waals surface area contributed by atoms with Gasteiger partial charge < -0.3 is 10.0 Å². The number of hydrogen-bond donors (Lipinski definition) is 1. The number of benzene rings is 2. The number of allylic oxidation sites excluding steroid dienone is 2. The van der Waals surface area contributed by atoms with Crippen molar-refractivity contribution >= 4 is 40.5 Å². The molecule has 2 aliphatic heterocycles. The summed E-state index contributed by atoms with van der Waals surface area (Å²) in [6.07, 6.45) is -0.0469. The zero-order valence-corrected chi connectivity index (χ0v) is 20.7. The quantitative estimate of drug-likeness (QED) is 0.243. The van der Waals surface area contributed by atoms with Gasteiger partial charge in [-0.2, -0.15) is 13.2 Å². The molecule has 0 radical (unpaired) electrons. The Balaban J connectivity index is 1.38. The van der Waals surface area contributed by atoms with Crippen LogP contribution in [0.5, 0.6) is 0 Å². The molecule has 5 rings (SSSR count). The van der Waals surface area contributed by atoms with Gasteiger partial charge in [0.15, 0.2) is 0 Å². The number of nitrogens with zero attached hydrogens (tertiary/aromatic N) is 3. The van der Waals surface area contributed by atoms with E-state index in [0.717, 1.165) is 17.0 Å². The molecular weight excluding hydrogens is 527 g/mol. The minimum Gasteiger partial charge on any atom is -0.385 e. The maximum Gasteiger partial charge on any atom is 0.417 e. The fraction of sp³-hybridized carbons (Fsp3) is 0.385. The van der Waals surface area contributed by atoms with Crippen molar-refractivity contribution in [1.82, 2.24) is 0 Å². The third-order valence-corrected chi connectivity index (χ3v) is 7.99. The zero-order valence-electron chi connectivity index (χ0n) is 19.9. The monoisotopic (exact) mass is 549 g/mol. The molecule has 0 spiro atoms. The van der Waals surface area contributed by atoms with E-state index in [2.05, 4.69) is 0 Å². The summed E-state index contributed by atoms with van der Waals surface area (Å²) in [5.74, 6) is -1.71. The SMILES string of the molecule is O=C1[C@H]2CC=CC[C@H]2C(=O)N1c1ccc(N2CCC(O)(c3ccc(Cl)c(C(F)(F)F)c3)CC2)c([N+](=O)[O-])c1. The predicted molar refractivity (Wildman–Crippen MR) is 133 cm³/mol. The number of nitro benzene ring substituents is 1. The van der Waals surface area contributed by atoms with Gasteiger partial charge in [0, 0.05) is 19.2 Å². The number of piperidine rings is 1. The van der Waals surface area contributed by atoms with Gasteiger partial charge in [-0.3, -0.25) is 19.7 Å². The summed E-state index contributed by atoms with van der Waals surface area (Å²) < 4.78 is 40.0. The lowest BCUT2D eigenvalue weighted by molar-refractivity contribution is -0.384. The second-order valence-corrected chi connectivity index (χ2v) is 10.2. The summed E-state index contributed by atoms with van der Waals surface area (Å²) in [4.78, 5) is 39.9. The molecule has 0 unspecified atom stereocenters. The number of aliphatic hydroxyl groups is 1. The highest BCUT2D eigenvalue weighted by atomic mass is 35.5. The first-order valence-corrected chi connectivity index (χ1v) is 12.4. The van der Waals surface area contributed by atoms with Crippen LogP contribution in [0.1, 0.15) is 36.8 Å². The first kappa shape index (κ1) is 26.2. The standard InChI is InChI=1S/C26H23ClF3N3O5/c27-20-7-5-15(13-19(20)26(28,29)30)25(36)9-11-31(12-10-25)21-8-6-16(14-22(21)33(37)38)32-23(34)17-3-1-2-4-18(17)24(32)35/h1-2,5-8,13-14,17-18,36H,3-4,9-12H2/t17-,18+. The minimum atomic E-state index is -4.68. The van der Waals surface area contributed by atoms with Gasteiger partial charge in [-0.1, -0.05) is 29.8 Å². The van der Waals surface area contributed by atoms with E-state index in [0.29, 0.717) is 12.8 Å². The molecule has 38 heavy (non-hydrogen) atoms. The fourth-order valence-corrected chi connectivity index (χ4v) is 5.78. The number of halogens is 4. The van der Waals surface area contributed by atoms with E-state index in [4.69, 9.17) is 11.6 Å². The molecule has 2 aromatic rings. The van der Waals surface area contributed by atoms with Crippen LogP contribution in [-0.2, 0) is 21.4 Å². The second-order valence-electron chi connectivity index (χ2n) is 9.81. The number of amides is 2. The molecule has 2 atom stereocenters. The Morgan fingerprint density at radius 1 is 1.00 bits per heavy atom. The first-order chi connectivity index (χ1) is 17.9. The van der Waals surface area contributed by atoms with E-state index in [9.17, 15) is 38.0 Å². The zero-order chi connectivity index (χ0) is 27.4. The molecule has 8 nitrogen and oxygen atoms in total. The molecule has 2 aromatic carbocycles. The molecule has 1 N–H and O–H groups in total. The van der Waals surface area contributed by atoms with Crippen molar-refractivity contribution in [2.45, 2.75) is 37.5 Å². The molecule has 0 saturated carbocycles. The molecule has 0 aromatic heterocycles. The van der Waals surface area contributed by atoms with Gasteiger partial charge in [-0.05, 0) is 55.5 Å². The van der Waals surface area contributed by atoms with E-state index in [-0.39, 0.29) is 60.4 Å². The molecule has 2 heterocycles. The third kappa shape index (κ3) is 4.43. The number of alkyl halides is 3. The Bertz CT molecular complexity index is 1330. The number of hydrogen-bond acceptors (Lipinski definition) is 6. The molecule has 2 amide bonds. The molecule has 2 fully saturated rings. The molecule has 3 aliphatic rings. The van der Waals surface area contributed by atoms with Gasteiger partial charge in [-0.15, -0.1) is 0 Å². The first-order valence-electron chi connectivity index (χ1n) is 12.1. The normalized spacial score (nSPS) is 23.1. The Kier molecular flexibility index (Phi) is 6.47. The van der Waals surface area contributed by atoms with Gasteiger partial charge in [0.05, 0.1) is 38.6 Å². The largest absolute Gasteiger partial charge is 0.417 e. The Morgan fingerprint density at radius 3 is 2.16 bits per heavy atom. The van der Waals surface area contributed by atoms with Crippen LogP contribution >= 0.6 is 11.6 Å². The number of carbonyl (C=O) groups is 2. The summed E-state index contributed by atoms with van der Waals surface area (Å²) in [5.41, 5.74) is -2.51. The smallest absolute Gasteiger partial charge is 0.385 e. The highest BCUT2D eigenvalue weighted by molar-refractivity contribution is 6.31. The van der Waals surface area contributed by atoms with Gasteiger partial charge in [0.1, 0.15) is 5.69 Å². The van der Waals surface area contributed by atoms with E-state index in [1.165, 1.54) is 24.3 Å². The Morgan fingerprint density at radius 2 is 1.61 bits per heavy atom. The van der Waals surface area contributed by atoms with Crippen LogP contribution in [-0.4, -0.2) is 34.9 Å². The molecule has 12 heteroatoms. The summed E-state index contributed by atoms with van der Waals surface area (Å²) in [5, 5.41) is 22.7. The third-order valence-electron chi connectivity index (χ3n) is 7.66. The number of carbonyl (C=O) groups excluding carboxylic acids is 2. The lowest BCUT2D eigenvalue weighted by Gasteiger charge is -2.39. The molecule has 2 saturated heterocycles. The van der Waals surface area contributed by atoms with E-state index >= 15 is 0 Å². The average Bonchev–Trinajstić information content (AvgIpc) is 3.13. The van der Waals surface area contributed by atoms with Crippen LogP contribution < -0.4 is 9.80 Å². The average molecular weight is 550 g/mol. The Labute approximate surface area is 220 Å². The second kappa shape index (κ2) is 9.39. The van der Waals surface area contributed by atoms with Crippen molar-refractivity contribution in [2.24, 2.45) is 11.8 Å². The number of nitro groups is 1. The summed E-state index contributed by atoms with van der Waals surface area (Å²) in [6, 6.07) is 7.43. The predicted octanol–water partition coefficient (Wildman–Crippen LogP) is 5.21. The van der Waals surface area contributed by atoms with Gasteiger partial charge in [0.25, 0.3) is 5.69 Å². The van der Waals surface area contributed by atoms with Crippen LogP contribution in [0.4, 0.5) is 30.2 Å². The summed E-state index contributed by atoms with van der Waals surface area (Å²) in [7, 11) is 0. The van der Waals surface area contributed by atoms with E-state index in [1.807, 2.05) is 12.2 Å². The van der Waals surface area contributed by atoms with Crippen molar-refractivity contribution in [3.05, 3.63) is 74.8 Å². The molecule has 200 valence electrons. The van der Waals surface area contributed by atoms with Crippen LogP contribution in [0.15, 0.2) is 48.6 Å². The van der Waals surface area contributed by atoms with E-state index in [1.54, 1.807) is 4.90 Å². The van der Waals surface area contributed by atoms with Crippen molar-refractivity contribution in [3.63, 3.8) is 0 Å². The number of imide groups is 1. The van der Waals surface area contributed by atoms with Crippen molar-refractivity contribution in [1.29, 1.82) is 0 Å². The molecule has 1 aliphatic carbocycles. The van der Waals surface area contributed by atoms with Crippen molar-refractivity contribution < 1.29 is 32.8 Å². The molecule has 0 bridgehead atoms. The topological polar surface area (TPSA) is 104 Å². The highest BCUT2D eigenvalue weighted by Gasteiger charge is 2.48. The Hall–Kier alpha value is -3.44. The van der Waals surface area contributed by atoms with Crippen molar-refractivity contribution in [2.75, 3.05) is 22.9 Å². The minimum absolute atomic E-state index is 0.0181. The lowest BCUT2D eigenvalue weighted by Crippen LogP contribution is -2.43. The van der Waals surface area contributed by atoms with Gasteiger partial charge >= 0.3 is 6.18 Å². The number of rotatable bonds is 4. The maximum atomic E-state index is 13.3. The maximum absolute atomic E-state index is 13.3. The van der Waals surface area contributed by atoms with Crippen LogP contribution in [0, 0.1) is 22.0 Å². The van der Waals surface area contributed by atoms with Gasteiger partial charge in [0.2, 0.25) is 11.8 Å².